The molecule has 25 heavy (non-hydrogen) atoms. The Hall–Kier alpha value is -3.47. The molecule has 0 saturated carbocycles. The molecule has 1 amide bonds. The van der Waals surface area contributed by atoms with Crippen LogP contribution in [0.15, 0.2) is 79.3 Å². The number of nitrogens with one attached hydrogen (secondary N) is 1. The van der Waals surface area contributed by atoms with Gasteiger partial charge in [-0.15, -0.1) is 0 Å². The van der Waals surface area contributed by atoms with E-state index < -0.39 is 0 Å². The maximum atomic E-state index is 12.3. The predicted octanol–water partition coefficient (Wildman–Crippen LogP) is 3.73. The van der Waals surface area contributed by atoms with Crippen molar-refractivity contribution in [2.24, 2.45) is 0 Å². The number of imidazole rings is 1. The number of benzene rings is 2. The van der Waals surface area contributed by atoms with E-state index in [1.54, 1.807) is 12.3 Å². The Kier molecular flexibility index (Phi) is 3.96. The Morgan fingerprint density at radius 2 is 1.72 bits per heavy atom. The van der Waals surface area contributed by atoms with Crippen LogP contribution in [-0.2, 0) is 6.54 Å². The molecule has 1 N–H and O–H groups in total. The van der Waals surface area contributed by atoms with Gasteiger partial charge in [0.15, 0.2) is 0 Å². The van der Waals surface area contributed by atoms with Crippen molar-refractivity contribution >= 4 is 22.8 Å². The summed E-state index contributed by atoms with van der Waals surface area (Å²) in [6.07, 6.45) is 3.49. The molecule has 0 atom stereocenters. The summed E-state index contributed by atoms with van der Waals surface area (Å²) in [5, 5.41) is 2.78. The molecule has 0 unspecified atom stereocenters. The van der Waals surface area contributed by atoms with E-state index >= 15 is 0 Å². The van der Waals surface area contributed by atoms with Crippen molar-refractivity contribution in [3.63, 3.8) is 0 Å². The number of anilines is 1. The summed E-state index contributed by atoms with van der Waals surface area (Å²) in [6, 6.07) is 21.0. The first-order valence-corrected chi connectivity index (χ1v) is 8.01. The van der Waals surface area contributed by atoms with Crippen molar-refractivity contribution in [3.05, 3.63) is 90.4 Å². The van der Waals surface area contributed by atoms with E-state index in [2.05, 4.69) is 25.9 Å². The van der Waals surface area contributed by atoms with E-state index in [0.29, 0.717) is 17.9 Å². The Balaban J connectivity index is 1.49. The summed E-state index contributed by atoms with van der Waals surface area (Å²) in [5.41, 5.74) is 3.79. The molecule has 122 valence electrons. The topological polar surface area (TPSA) is 59.8 Å². The van der Waals surface area contributed by atoms with E-state index in [0.717, 1.165) is 16.6 Å². The maximum absolute atomic E-state index is 12.3. The summed E-state index contributed by atoms with van der Waals surface area (Å²) >= 11 is 0. The first kappa shape index (κ1) is 15.1. The number of para-hydroxylation sites is 2. The molecule has 4 rings (SSSR count). The molecule has 0 aliphatic carbocycles. The standard InChI is InChI=1S/C20H16N4O/c25-20(23-19-7-3-4-12-21-19)16-10-8-15(9-11-16)13-24-14-22-17-5-1-2-6-18(17)24/h1-12,14H,13H2,(H,21,23,25). The highest BCUT2D eigenvalue weighted by Crippen LogP contribution is 2.15. The van der Waals surface area contributed by atoms with Gasteiger partial charge in [-0.3, -0.25) is 4.79 Å². The molecule has 0 saturated heterocycles. The van der Waals surface area contributed by atoms with Crippen molar-refractivity contribution < 1.29 is 4.79 Å². The average Bonchev–Trinajstić information content (AvgIpc) is 3.06. The minimum atomic E-state index is -0.168. The van der Waals surface area contributed by atoms with Gasteiger partial charge in [-0.1, -0.05) is 30.3 Å². The first-order chi connectivity index (χ1) is 12.3. The second-order valence-electron chi connectivity index (χ2n) is 5.73. The average molecular weight is 328 g/mol. The summed E-state index contributed by atoms with van der Waals surface area (Å²) in [6.45, 7) is 0.711. The SMILES string of the molecule is O=C(Nc1ccccn1)c1ccc(Cn2cnc3ccccc32)cc1. The lowest BCUT2D eigenvalue weighted by atomic mass is 10.1. The second-order valence-corrected chi connectivity index (χ2v) is 5.73. The minimum absolute atomic E-state index is 0.168. The molecular weight excluding hydrogens is 312 g/mol. The molecule has 0 aliphatic rings. The fraction of sp³-hybridized carbons (Fsp3) is 0.0500. The van der Waals surface area contributed by atoms with Gasteiger partial charge >= 0.3 is 0 Å². The van der Waals surface area contributed by atoms with Crippen LogP contribution in [0.5, 0.6) is 0 Å². The summed E-state index contributed by atoms with van der Waals surface area (Å²) in [7, 11) is 0. The number of pyridine rings is 1. The van der Waals surface area contributed by atoms with Gasteiger partial charge in [-0.2, -0.15) is 0 Å². The molecule has 2 aromatic heterocycles. The zero-order valence-corrected chi connectivity index (χ0v) is 13.5. The van der Waals surface area contributed by atoms with E-state index in [1.807, 2.05) is 60.9 Å². The third kappa shape index (κ3) is 3.26. The highest BCUT2D eigenvalue weighted by molar-refractivity contribution is 6.03. The van der Waals surface area contributed by atoms with E-state index in [4.69, 9.17) is 0 Å². The number of carbonyl (C=O) groups is 1. The van der Waals surface area contributed by atoms with Gasteiger partial charge in [-0.05, 0) is 42.0 Å². The maximum Gasteiger partial charge on any atom is 0.256 e. The van der Waals surface area contributed by atoms with Gasteiger partial charge in [-0.25, -0.2) is 9.97 Å². The van der Waals surface area contributed by atoms with E-state index in [-0.39, 0.29) is 5.91 Å². The number of aromatic nitrogens is 3. The lowest BCUT2D eigenvalue weighted by Gasteiger charge is -2.07. The van der Waals surface area contributed by atoms with Crippen LogP contribution in [0.1, 0.15) is 15.9 Å². The van der Waals surface area contributed by atoms with Crippen LogP contribution in [0.4, 0.5) is 5.82 Å². The highest BCUT2D eigenvalue weighted by Gasteiger charge is 2.07. The van der Waals surface area contributed by atoms with Crippen LogP contribution in [0.2, 0.25) is 0 Å². The molecule has 0 fully saturated rings. The fourth-order valence-corrected chi connectivity index (χ4v) is 2.72. The Labute approximate surface area is 145 Å². The summed E-state index contributed by atoms with van der Waals surface area (Å²) < 4.78 is 2.10. The van der Waals surface area contributed by atoms with Crippen molar-refractivity contribution in [2.45, 2.75) is 6.54 Å². The Bertz CT molecular complexity index is 1010. The van der Waals surface area contributed by atoms with Gasteiger partial charge < -0.3 is 9.88 Å². The fourth-order valence-electron chi connectivity index (χ4n) is 2.72. The molecule has 0 aliphatic heterocycles. The minimum Gasteiger partial charge on any atom is -0.326 e. The van der Waals surface area contributed by atoms with Gasteiger partial charge in [0.25, 0.3) is 5.91 Å². The van der Waals surface area contributed by atoms with E-state index in [9.17, 15) is 4.79 Å². The number of amides is 1. The molecule has 0 radical (unpaired) electrons. The number of hydrogen-bond acceptors (Lipinski definition) is 3. The lowest BCUT2D eigenvalue weighted by Crippen LogP contribution is -2.12. The van der Waals surface area contributed by atoms with Crippen molar-refractivity contribution in [3.8, 4) is 0 Å². The Morgan fingerprint density at radius 3 is 2.52 bits per heavy atom. The quantitative estimate of drug-likeness (QED) is 0.621. The number of rotatable bonds is 4. The monoisotopic (exact) mass is 328 g/mol. The predicted molar refractivity (Wildman–Crippen MR) is 97.5 cm³/mol. The molecule has 2 aromatic carbocycles. The van der Waals surface area contributed by atoms with E-state index in [1.165, 1.54) is 0 Å². The third-order valence-electron chi connectivity index (χ3n) is 4.00. The van der Waals surface area contributed by atoms with Crippen LogP contribution in [0.25, 0.3) is 11.0 Å². The van der Waals surface area contributed by atoms with Crippen molar-refractivity contribution in [2.75, 3.05) is 5.32 Å². The molecule has 5 heteroatoms. The number of hydrogen-bond donors (Lipinski definition) is 1. The first-order valence-electron chi connectivity index (χ1n) is 8.01. The zero-order valence-electron chi connectivity index (χ0n) is 13.5. The largest absolute Gasteiger partial charge is 0.326 e. The van der Waals surface area contributed by atoms with Crippen molar-refractivity contribution in [1.82, 2.24) is 14.5 Å². The van der Waals surface area contributed by atoms with Gasteiger partial charge in [0.05, 0.1) is 17.4 Å². The molecule has 0 spiro atoms. The van der Waals surface area contributed by atoms with Gasteiger partial charge in [0, 0.05) is 18.3 Å². The van der Waals surface area contributed by atoms with Crippen molar-refractivity contribution in [1.29, 1.82) is 0 Å². The van der Waals surface area contributed by atoms with Crippen LogP contribution in [0.3, 0.4) is 0 Å². The van der Waals surface area contributed by atoms with Crippen LogP contribution >= 0.6 is 0 Å². The van der Waals surface area contributed by atoms with Crippen LogP contribution in [0, 0.1) is 0 Å². The molecule has 5 nitrogen and oxygen atoms in total. The second kappa shape index (κ2) is 6.57. The number of nitrogens with zero attached hydrogens (tertiary/aromatic N) is 3. The third-order valence-corrected chi connectivity index (χ3v) is 4.00. The summed E-state index contributed by atoms with van der Waals surface area (Å²) in [5.74, 6) is 0.375. The molecular formula is C20H16N4O. The summed E-state index contributed by atoms with van der Waals surface area (Å²) in [4.78, 5) is 20.7. The smallest absolute Gasteiger partial charge is 0.256 e. The molecule has 2 heterocycles. The van der Waals surface area contributed by atoms with Gasteiger partial charge in [0.2, 0.25) is 0 Å². The number of carbonyl (C=O) groups excluding carboxylic acids is 1. The highest BCUT2D eigenvalue weighted by atomic mass is 16.1. The molecule has 4 aromatic rings. The lowest BCUT2D eigenvalue weighted by molar-refractivity contribution is 0.102. The normalized spacial score (nSPS) is 10.7. The zero-order chi connectivity index (χ0) is 17.1. The number of fused-ring (bicyclic) bond motifs is 1. The van der Waals surface area contributed by atoms with Crippen LogP contribution in [-0.4, -0.2) is 20.4 Å². The molecule has 0 bridgehead atoms. The van der Waals surface area contributed by atoms with Gasteiger partial charge in [0.1, 0.15) is 5.82 Å². The Morgan fingerprint density at radius 1 is 0.920 bits per heavy atom. The van der Waals surface area contributed by atoms with Crippen LogP contribution < -0.4 is 5.32 Å².